The Balaban J connectivity index is 2.45. The van der Waals surface area contributed by atoms with Gasteiger partial charge < -0.3 is 15.3 Å². The second-order valence-electron chi connectivity index (χ2n) is 7.64. The van der Waals surface area contributed by atoms with E-state index >= 15 is 0 Å². The van der Waals surface area contributed by atoms with Gasteiger partial charge in [-0.3, -0.25) is 4.79 Å². The highest BCUT2D eigenvalue weighted by atomic mass is 16.4. The van der Waals surface area contributed by atoms with Crippen LogP contribution in [-0.2, 0) is 4.79 Å². The van der Waals surface area contributed by atoms with E-state index < -0.39 is 11.6 Å². The second-order valence-corrected chi connectivity index (χ2v) is 7.64. The van der Waals surface area contributed by atoms with Crippen molar-refractivity contribution in [2.24, 2.45) is 11.8 Å². The van der Waals surface area contributed by atoms with E-state index in [1.807, 2.05) is 19.1 Å². The van der Waals surface area contributed by atoms with Gasteiger partial charge in [0, 0.05) is 6.42 Å². The van der Waals surface area contributed by atoms with Gasteiger partial charge in [-0.05, 0) is 57.3 Å². The molecule has 0 aliphatic heterocycles. The largest absolute Gasteiger partial charge is 0.481 e. The van der Waals surface area contributed by atoms with Crippen LogP contribution in [0.15, 0.2) is 24.3 Å². The van der Waals surface area contributed by atoms with Crippen LogP contribution in [0.25, 0.3) is 0 Å². The highest BCUT2D eigenvalue weighted by Crippen LogP contribution is 2.36. The molecule has 3 N–H and O–H groups in total. The molecule has 0 amide bonds. The summed E-state index contributed by atoms with van der Waals surface area (Å²) in [6, 6.07) is 0. The third kappa shape index (κ3) is 9.22. The summed E-state index contributed by atoms with van der Waals surface area (Å²) >= 11 is 0. The normalized spacial score (nSPS) is 26.5. The first-order valence-electron chi connectivity index (χ1n) is 9.82. The van der Waals surface area contributed by atoms with E-state index in [0.29, 0.717) is 12.3 Å². The van der Waals surface area contributed by atoms with Crippen molar-refractivity contribution < 1.29 is 20.1 Å². The standard InChI is InChI=1S/C21H36O4/c1-3-4-9-15-21(2,25)16-14-17-12-13-19(22)18(17)10-7-5-6-8-11-20(23)24/h5,7,14,16-19,22,25H,3-4,6,8-13,15H2,1-2H3,(H,23,24)/b7-5+,16-14+/t17?,18?,19-,21?/m1/s1. The van der Waals surface area contributed by atoms with Gasteiger partial charge in [-0.15, -0.1) is 0 Å². The molecule has 1 aliphatic carbocycles. The number of carboxylic acids is 1. The Morgan fingerprint density at radius 1 is 1.20 bits per heavy atom. The molecule has 4 nitrogen and oxygen atoms in total. The molecule has 1 rings (SSSR count). The Hall–Kier alpha value is -1.13. The van der Waals surface area contributed by atoms with Crippen molar-refractivity contribution in [1.82, 2.24) is 0 Å². The van der Waals surface area contributed by atoms with Crippen molar-refractivity contribution in [3.8, 4) is 0 Å². The highest BCUT2D eigenvalue weighted by Gasteiger charge is 2.32. The molecular weight excluding hydrogens is 316 g/mol. The van der Waals surface area contributed by atoms with Gasteiger partial charge in [-0.25, -0.2) is 0 Å². The fourth-order valence-corrected chi connectivity index (χ4v) is 3.54. The molecule has 25 heavy (non-hydrogen) atoms. The lowest BCUT2D eigenvalue weighted by Crippen LogP contribution is -2.22. The maximum absolute atomic E-state index is 10.5. The topological polar surface area (TPSA) is 77.8 Å². The van der Waals surface area contributed by atoms with Crippen molar-refractivity contribution in [3.05, 3.63) is 24.3 Å². The number of aliphatic hydroxyl groups is 2. The number of allylic oxidation sites excluding steroid dienone is 3. The first kappa shape index (κ1) is 21.9. The monoisotopic (exact) mass is 352 g/mol. The molecule has 0 bridgehead atoms. The van der Waals surface area contributed by atoms with Gasteiger partial charge in [0.15, 0.2) is 0 Å². The molecule has 1 fully saturated rings. The van der Waals surface area contributed by atoms with Crippen molar-refractivity contribution in [2.75, 3.05) is 0 Å². The first-order chi connectivity index (χ1) is 11.9. The third-order valence-corrected chi connectivity index (χ3v) is 5.17. The van der Waals surface area contributed by atoms with Crippen LogP contribution in [0.5, 0.6) is 0 Å². The number of hydrogen-bond donors (Lipinski definition) is 3. The minimum absolute atomic E-state index is 0.193. The molecule has 0 heterocycles. The molecule has 0 saturated heterocycles. The Bertz CT molecular complexity index is 439. The summed E-state index contributed by atoms with van der Waals surface area (Å²) in [5, 5.41) is 29.3. The molecular formula is C21H36O4. The predicted octanol–water partition coefficient (Wildman–Crippen LogP) is 4.46. The van der Waals surface area contributed by atoms with Gasteiger partial charge in [-0.1, -0.05) is 50.5 Å². The summed E-state index contributed by atoms with van der Waals surface area (Å²) in [5.74, 6) is -0.259. The van der Waals surface area contributed by atoms with Crippen molar-refractivity contribution in [3.63, 3.8) is 0 Å². The van der Waals surface area contributed by atoms with Crippen LogP contribution < -0.4 is 0 Å². The number of hydrogen-bond acceptors (Lipinski definition) is 3. The van der Waals surface area contributed by atoms with Crippen molar-refractivity contribution in [2.45, 2.75) is 89.8 Å². The van der Waals surface area contributed by atoms with E-state index in [0.717, 1.165) is 51.4 Å². The molecule has 1 aliphatic rings. The van der Waals surface area contributed by atoms with Gasteiger partial charge in [0.25, 0.3) is 0 Å². The van der Waals surface area contributed by atoms with E-state index in [4.69, 9.17) is 5.11 Å². The van der Waals surface area contributed by atoms with E-state index in [-0.39, 0.29) is 18.4 Å². The molecule has 4 heteroatoms. The zero-order chi connectivity index (χ0) is 18.7. The van der Waals surface area contributed by atoms with Crippen LogP contribution in [0.4, 0.5) is 0 Å². The number of carbonyl (C=O) groups is 1. The quantitative estimate of drug-likeness (QED) is 0.358. The Labute approximate surface area is 152 Å². The lowest BCUT2D eigenvalue weighted by Gasteiger charge is -2.22. The van der Waals surface area contributed by atoms with Gasteiger partial charge in [0.2, 0.25) is 0 Å². The van der Waals surface area contributed by atoms with Crippen molar-refractivity contribution >= 4 is 5.97 Å². The Kier molecular flexibility index (Phi) is 10.1. The maximum Gasteiger partial charge on any atom is 0.303 e. The third-order valence-electron chi connectivity index (χ3n) is 5.17. The maximum atomic E-state index is 10.5. The van der Waals surface area contributed by atoms with E-state index in [9.17, 15) is 15.0 Å². The Morgan fingerprint density at radius 3 is 2.64 bits per heavy atom. The Morgan fingerprint density at radius 2 is 1.96 bits per heavy atom. The van der Waals surface area contributed by atoms with E-state index in [1.54, 1.807) is 0 Å². The highest BCUT2D eigenvalue weighted by molar-refractivity contribution is 5.66. The van der Waals surface area contributed by atoms with Crippen molar-refractivity contribution in [1.29, 1.82) is 0 Å². The molecule has 0 aromatic rings. The lowest BCUT2D eigenvalue weighted by molar-refractivity contribution is -0.137. The minimum atomic E-state index is -0.764. The molecule has 0 aromatic carbocycles. The molecule has 0 spiro atoms. The van der Waals surface area contributed by atoms with Crippen LogP contribution in [0.2, 0.25) is 0 Å². The van der Waals surface area contributed by atoms with Crippen LogP contribution in [0, 0.1) is 11.8 Å². The van der Waals surface area contributed by atoms with E-state index in [1.165, 1.54) is 0 Å². The fourth-order valence-electron chi connectivity index (χ4n) is 3.54. The number of aliphatic carboxylic acids is 1. The molecule has 4 atom stereocenters. The average molecular weight is 353 g/mol. The molecule has 0 aromatic heterocycles. The summed E-state index contributed by atoms with van der Waals surface area (Å²) < 4.78 is 0. The van der Waals surface area contributed by atoms with Gasteiger partial charge in [-0.2, -0.15) is 0 Å². The zero-order valence-corrected chi connectivity index (χ0v) is 15.9. The number of rotatable bonds is 12. The van der Waals surface area contributed by atoms with Crippen LogP contribution in [0.3, 0.4) is 0 Å². The second kappa shape index (κ2) is 11.5. The molecule has 144 valence electrons. The number of carboxylic acid groups (broad SMARTS) is 1. The summed E-state index contributed by atoms with van der Waals surface area (Å²) in [6.07, 6.45) is 16.1. The van der Waals surface area contributed by atoms with Gasteiger partial charge >= 0.3 is 5.97 Å². The van der Waals surface area contributed by atoms with Crippen LogP contribution in [-0.4, -0.2) is 33.0 Å². The summed E-state index contributed by atoms with van der Waals surface area (Å²) in [4.78, 5) is 10.5. The SMILES string of the molecule is CCCCCC(C)(O)/C=C/C1CC[C@@H](O)C1C/C=C/CCCC(=O)O. The fraction of sp³-hybridized carbons (Fsp3) is 0.762. The minimum Gasteiger partial charge on any atom is -0.481 e. The van der Waals surface area contributed by atoms with Gasteiger partial charge in [0.1, 0.15) is 0 Å². The summed E-state index contributed by atoms with van der Waals surface area (Å²) in [5.41, 5.74) is -0.764. The lowest BCUT2D eigenvalue weighted by atomic mass is 9.88. The molecule has 0 radical (unpaired) electrons. The predicted molar refractivity (Wildman–Crippen MR) is 101 cm³/mol. The zero-order valence-electron chi connectivity index (χ0n) is 15.9. The van der Waals surface area contributed by atoms with Crippen LogP contribution >= 0.6 is 0 Å². The molecule has 1 saturated carbocycles. The first-order valence-corrected chi connectivity index (χ1v) is 9.82. The van der Waals surface area contributed by atoms with E-state index in [2.05, 4.69) is 19.1 Å². The summed E-state index contributed by atoms with van der Waals surface area (Å²) in [6.45, 7) is 4.02. The summed E-state index contributed by atoms with van der Waals surface area (Å²) in [7, 11) is 0. The van der Waals surface area contributed by atoms with Gasteiger partial charge in [0.05, 0.1) is 11.7 Å². The number of aliphatic hydroxyl groups excluding tert-OH is 1. The number of unbranched alkanes of at least 4 members (excludes halogenated alkanes) is 3. The molecule has 3 unspecified atom stereocenters. The average Bonchev–Trinajstić information content (AvgIpc) is 2.89. The van der Waals surface area contributed by atoms with Crippen LogP contribution in [0.1, 0.15) is 78.1 Å². The smallest absolute Gasteiger partial charge is 0.303 e.